The average Bonchev–Trinajstić information content (AvgIpc) is 2.95. The van der Waals surface area contributed by atoms with E-state index in [0.29, 0.717) is 22.5 Å². The van der Waals surface area contributed by atoms with Gasteiger partial charge in [-0.25, -0.2) is 4.79 Å². The highest BCUT2D eigenvalue weighted by molar-refractivity contribution is 5.95. The molecule has 0 aliphatic carbocycles. The van der Waals surface area contributed by atoms with Crippen LogP contribution in [0.15, 0.2) is 42.5 Å². The number of anilines is 2. The fourth-order valence-electron chi connectivity index (χ4n) is 2.47. The average molecular weight is 340 g/mol. The number of urea groups is 1. The van der Waals surface area contributed by atoms with Crippen LogP contribution in [-0.4, -0.2) is 21.2 Å². The van der Waals surface area contributed by atoms with Gasteiger partial charge in [-0.2, -0.15) is 5.10 Å². The lowest BCUT2D eigenvalue weighted by Gasteiger charge is -2.15. The number of hydrogen-bond acceptors (Lipinski definition) is 5. The Balaban J connectivity index is 1.69. The second-order valence-electron chi connectivity index (χ2n) is 5.54. The molecule has 0 bridgehead atoms. The molecule has 3 rings (SSSR count). The summed E-state index contributed by atoms with van der Waals surface area (Å²) in [4.78, 5) is 22.5. The van der Waals surface area contributed by atoms with Crippen molar-refractivity contribution in [3.05, 3.63) is 58.1 Å². The number of amides is 2. The van der Waals surface area contributed by atoms with E-state index in [9.17, 15) is 14.9 Å². The Kier molecular flexibility index (Phi) is 4.21. The van der Waals surface area contributed by atoms with Crippen LogP contribution < -0.4 is 16.4 Å². The Hall–Kier alpha value is -3.62. The Bertz CT molecular complexity index is 952. The monoisotopic (exact) mass is 340 g/mol. The number of non-ortho nitro benzene ring substituents is 1. The van der Waals surface area contributed by atoms with Gasteiger partial charge >= 0.3 is 6.03 Å². The number of carbonyl (C=O) groups excluding carboxylic acids is 1. The number of carbonyl (C=O) groups is 1. The number of fused-ring (bicyclic) bond motifs is 1. The highest BCUT2D eigenvalue weighted by atomic mass is 16.6. The lowest BCUT2D eigenvalue weighted by molar-refractivity contribution is -0.384. The lowest BCUT2D eigenvalue weighted by Crippen LogP contribution is -2.31. The van der Waals surface area contributed by atoms with Gasteiger partial charge in [0.05, 0.1) is 16.5 Å². The quantitative estimate of drug-likeness (QED) is 0.427. The van der Waals surface area contributed by atoms with Crippen molar-refractivity contribution in [2.24, 2.45) is 0 Å². The van der Waals surface area contributed by atoms with E-state index in [-0.39, 0.29) is 5.69 Å². The first-order valence-corrected chi connectivity index (χ1v) is 7.49. The number of nitrogens with zero attached hydrogens (tertiary/aromatic N) is 2. The zero-order valence-electron chi connectivity index (χ0n) is 13.3. The zero-order chi connectivity index (χ0) is 18.0. The molecule has 0 aliphatic rings. The normalized spacial score (nSPS) is 11.9. The van der Waals surface area contributed by atoms with Crippen LogP contribution in [0.2, 0.25) is 0 Å². The summed E-state index contributed by atoms with van der Waals surface area (Å²) in [5.41, 5.74) is 7.69. The molecule has 9 nitrogen and oxygen atoms in total. The number of nitrogen functional groups attached to an aromatic ring is 1. The molecule has 5 N–H and O–H groups in total. The van der Waals surface area contributed by atoms with Crippen molar-refractivity contribution >= 4 is 34.1 Å². The molecule has 1 atom stereocenters. The van der Waals surface area contributed by atoms with Gasteiger partial charge in [-0.15, -0.1) is 0 Å². The third-order valence-electron chi connectivity index (χ3n) is 3.78. The van der Waals surface area contributed by atoms with Crippen LogP contribution in [0.1, 0.15) is 18.5 Å². The second kappa shape index (κ2) is 6.48. The van der Waals surface area contributed by atoms with Crippen LogP contribution in [0.25, 0.3) is 10.9 Å². The Labute approximate surface area is 142 Å². The van der Waals surface area contributed by atoms with E-state index in [0.717, 1.165) is 5.52 Å². The maximum absolute atomic E-state index is 12.2. The number of rotatable bonds is 4. The van der Waals surface area contributed by atoms with Gasteiger partial charge in [0.15, 0.2) is 5.82 Å². The van der Waals surface area contributed by atoms with Crippen molar-refractivity contribution in [2.75, 3.05) is 11.1 Å². The molecule has 9 heteroatoms. The summed E-state index contributed by atoms with van der Waals surface area (Å²) in [6.07, 6.45) is 0. The number of nitro benzene ring substituents is 1. The Morgan fingerprint density at radius 2 is 2.12 bits per heavy atom. The number of aromatic nitrogens is 2. The third kappa shape index (κ3) is 3.50. The molecule has 2 aromatic carbocycles. The molecule has 3 aromatic rings. The van der Waals surface area contributed by atoms with E-state index in [1.54, 1.807) is 37.3 Å². The predicted octanol–water partition coefficient (Wildman–Crippen LogP) is 2.94. The molecule has 0 spiro atoms. The molecule has 0 unspecified atom stereocenters. The third-order valence-corrected chi connectivity index (χ3v) is 3.78. The molecule has 0 aliphatic heterocycles. The number of nitro groups is 1. The minimum absolute atomic E-state index is 0.0209. The number of nitrogens with two attached hydrogens (primary N) is 1. The fourth-order valence-corrected chi connectivity index (χ4v) is 2.47. The minimum atomic E-state index is -0.471. The number of H-pyrrole nitrogens is 1. The maximum atomic E-state index is 12.2. The smallest absolute Gasteiger partial charge is 0.319 e. The zero-order valence-corrected chi connectivity index (χ0v) is 13.3. The molecule has 25 heavy (non-hydrogen) atoms. The minimum Gasteiger partial charge on any atom is -0.382 e. The van der Waals surface area contributed by atoms with E-state index < -0.39 is 17.0 Å². The first-order valence-electron chi connectivity index (χ1n) is 7.49. The van der Waals surface area contributed by atoms with Crippen LogP contribution >= 0.6 is 0 Å². The van der Waals surface area contributed by atoms with Crippen LogP contribution in [0.5, 0.6) is 0 Å². The largest absolute Gasteiger partial charge is 0.382 e. The summed E-state index contributed by atoms with van der Waals surface area (Å²) >= 11 is 0. The van der Waals surface area contributed by atoms with Gasteiger partial charge in [-0.3, -0.25) is 15.2 Å². The van der Waals surface area contributed by atoms with Gasteiger partial charge in [0.25, 0.3) is 5.69 Å². The molecular weight excluding hydrogens is 324 g/mol. The SMILES string of the molecule is C[C@@H](NC(=O)Nc1ccc2[nH]nc(N)c2c1)c1cccc([N+](=O)[O-])c1. The molecule has 0 fully saturated rings. The molecule has 2 amide bonds. The molecule has 0 saturated carbocycles. The van der Waals surface area contributed by atoms with Gasteiger partial charge in [-0.05, 0) is 30.7 Å². The van der Waals surface area contributed by atoms with Crippen molar-refractivity contribution in [1.29, 1.82) is 0 Å². The summed E-state index contributed by atoms with van der Waals surface area (Å²) in [6, 6.07) is 10.5. The van der Waals surface area contributed by atoms with Crippen molar-refractivity contribution < 1.29 is 9.72 Å². The first kappa shape index (κ1) is 16.2. The van der Waals surface area contributed by atoms with Crippen LogP contribution in [0.3, 0.4) is 0 Å². The fraction of sp³-hybridized carbons (Fsp3) is 0.125. The highest BCUT2D eigenvalue weighted by Crippen LogP contribution is 2.22. The summed E-state index contributed by atoms with van der Waals surface area (Å²) < 4.78 is 0. The predicted molar refractivity (Wildman–Crippen MR) is 94.2 cm³/mol. The molecule has 128 valence electrons. The van der Waals surface area contributed by atoms with Gasteiger partial charge in [-0.1, -0.05) is 12.1 Å². The van der Waals surface area contributed by atoms with Crippen LogP contribution in [0, 0.1) is 10.1 Å². The Morgan fingerprint density at radius 3 is 2.88 bits per heavy atom. The van der Waals surface area contributed by atoms with Crippen molar-refractivity contribution in [1.82, 2.24) is 15.5 Å². The summed E-state index contributed by atoms with van der Waals surface area (Å²) in [6.45, 7) is 1.75. The summed E-state index contributed by atoms with van der Waals surface area (Å²) in [5, 5.41) is 23.7. The van der Waals surface area contributed by atoms with Gasteiger partial charge in [0.2, 0.25) is 0 Å². The number of aromatic amines is 1. The lowest BCUT2D eigenvalue weighted by atomic mass is 10.1. The van der Waals surface area contributed by atoms with Crippen LogP contribution in [-0.2, 0) is 0 Å². The highest BCUT2D eigenvalue weighted by Gasteiger charge is 2.13. The van der Waals surface area contributed by atoms with Crippen molar-refractivity contribution in [3.63, 3.8) is 0 Å². The Morgan fingerprint density at radius 1 is 1.32 bits per heavy atom. The van der Waals surface area contributed by atoms with E-state index >= 15 is 0 Å². The van der Waals surface area contributed by atoms with Crippen molar-refractivity contribution in [3.8, 4) is 0 Å². The topological polar surface area (TPSA) is 139 Å². The second-order valence-corrected chi connectivity index (χ2v) is 5.54. The van der Waals surface area contributed by atoms with E-state index in [1.165, 1.54) is 12.1 Å². The standard InChI is InChI=1S/C16H16N6O3/c1-9(10-3-2-4-12(7-10)22(24)25)18-16(23)19-11-5-6-14-13(8-11)15(17)21-20-14/h2-9H,1H3,(H3,17,20,21)(H2,18,19,23)/t9-/m1/s1. The number of benzene rings is 2. The van der Waals surface area contributed by atoms with Gasteiger partial charge in [0, 0.05) is 23.2 Å². The van der Waals surface area contributed by atoms with E-state index in [2.05, 4.69) is 20.8 Å². The summed E-state index contributed by atoms with van der Waals surface area (Å²) in [5.74, 6) is 0.351. The van der Waals surface area contributed by atoms with E-state index in [4.69, 9.17) is 5.73 Å². The molecular formula is C16H16N6O3. The van der Waals surface area contributed by atoms with Gasteiger partial charge in [0.1, 0.15) is 0 Å². The molecule has 1 aromatic heterocycles. The number of hydrogen-bond donors (Lipinski definition) is 4. The molecule has 1 heterocycles. The number of nitrogens with one attached hydrogen (secondary N) is 3. The maximum Gasteiger partial charge on any atom is 0.319 e. The van der Waals surface area contributed by atoms with Gasteiger partial charge < -0.3 is 16.4 Å². The van der Waals surface area contributed by atoms with Crippen molar-refractivity contribution in [2.45, 2.75) is 13.0 Å². The first-order chi connectivity index (χ1) is 11.9. The molecule has 0 saturated heterocycles. The molecule has 0 radical (unpaired) electrons. The van der Waals surface area contributed by atoms with E-state index in [1.807, 2.05) is 0 Å². The summed E-state index contributed by atoms with van der Waals surface area (Å²) in [7, 11) is 0. The van der Waals surface area contributed by atoms with Crippen LogP contribution in [0.4, 0.5) is 22.0 Å².